The highest BCUT2D eigenvalue weighted by Crippen LogP contribution is 2.01. The van der Waals surface area contributed by atoms with Gasteiger partial charge in [0.25, 0.3) is 0 Å². The van der Waals surface area contributed by atoms with Crippen molar-refractivity contribution in [2.45, 2.75) is 12.8 Å². The fourth-order valence-electron chi connectivity index (χ4n) is 1.23. The first-order chi connectivity index (χ1) is 7.64. The summed E-state index contributed by atoms with van der Waals surface area (Å²) in [7, 11) is -3.25. The van der Waals surface area contributed by atoms with Gasteiger partial charge in [-0.2, -0.15) is 5.26 Å². The standard InChI is InChI=1S/C11H14N2O2S/c12-8-4-9-13-16(14,15)10-7-11-5-2-1-3-6-11/h1-3,5-6,13H,4,7,9-10H2. The van der Waals surface area contributed by atoms with Gasteiger partial charge in [-0.3, -0.25) is 0 Å². The number of hydrogen-bond acceptors (Lipinski definition) is 3. The molecule has 86 valence electrons. The lowest BCUT2D eigenvalue weighted by Gasteiger charge is -2.04. The molecule has 0 aromatic heterocycles. The first-order valence-electron chi connectivity index (χ1n) is 5.02. The van der Waals surface area contributed by atoms with Crippen LogP contribution in [0.5, 0.6) is 0 Å². The number of aryl methyl sites for hydroxylation is 1. The Hall–Kier alpha value is -1.38. The normalized spacial score (nSPS) is 10.9. The molecule has 1 rings (SSSR count). The zero-order valence-electron chi connectivity index (χ0n) is 8.89. The topological polar surface area (TPSA) is 70.0 Å². The minimum atomic E-state index is -3.25. The Morgan fingerprint density at radius 3 is 2.56 bits per heavy atom. The number of rotatable bonds is 6. The van der Waals surface area contributed by atoms with Crippen LogP contribution in [0.15, 0.2) is 30.3 Å². The predicted octanol–water partition coefficient (Wildman–Crippen LogP) is 1.06. The van der Waals surface area contributed by atoms with E-state index in [1.165, 1.54) is 0 Å². The highest BCUT2D eigenvalue weighted by atomic mass is 32.2. The molecule has 16 heavy (non-hydrogen) atoms. The van der Waals surface area contributed by atoms with Crippen LogP contribution >= 0.6 is 0 Å². The zero-order valence-corrected chi connectivity index (χ0v) is 9.70. The summed E-state index contributed by atoms with van der Waals surface area (Å²) >= 11 is 0. The van der Waals surface area contributed by atoms with Crippen LogP contribution < -0.4 is 4.72 Å². The molecule has 0 aliphatic carbocycles. The van der Waals surface area contributed by atoms with Crippen molar-refractivity contribution in [3.63, 3.8) is 0 Å². The largest absolute Gasteiger partial charge is 0.214 e. The summed E-state index contributed by atoms with van der Waals surface area (Å²) < 4.78 is 25.3. The number of nitrogens with zero attached hydrogens (tertiary/aromatic N) is 1. The molecule has 0 atom stereocenters. The molecule has 1 N–H and O–H groups in total. The van der Waals surface area contributed by atoms with Crippen molar-refractivity contribution in [3.05, 3.63) is 35.9 Å². The molecular formula is C11H14N2O2S. The second-order valence-corrected chi connectivity index (χ2v) is 5.28. The molecule has 0 unspecified atom stereocenters. The molecule has 4 nitrogen and oxygen atoms in total. The van der Waals surface area contributed by atoms with Gasteiger partial charge in [0.1, 0.15) is 0 Å². The Morgan fingerprint density at radius 1 is 1.25 bits per heavy atom. The number of nitriles is 1. The van der Waals surface area contributed by atoms with E-state index in [9.17, 15) is 8.42 Å². The fourth-order valence-corrected chi connectivity index (χ4v) is 2.29. The van der Waals surface area contributed by atoms with Gasteiger partial charge in [-0.15, -0.1) is 0 Å². The van der Waals surface area contributed by atoms with E-state index in [4.69, 9.17) is 5.26 Å². The third-order valence-electron chi connectivity index (χ3n) is 2.06. The van der Waals surface area contributed by atoms with Crippen molar-refractivity contribution in [2.24, 2.45) is 0 Å². The van der Waals surface area contributed by atoms with Crippen LogP contribution in [0.2, 0.25) is 0 Å². The molecule has 1 aromatic rings. The molecule has 5 heteroatoms. The lowest BCUT2D eigenvalue weighted by molar-refractivity contribution is 0.581. The van der Waals surface area contributed by atoms with E-state index in [1.807, 2.05) is 36.4 Å². The molecule has 0 amide bonds. The molecule has 0 bridgehead atoms. The van der Waals surface area contributed by atoms with Crippen molar-refractivity contribution in [2.75, 3.05) is 12.3 Å². The highest BCUT2D eigenvalue weighted by Gasteiger charge is 2.08. The summed E-state index contributed by atoms with van der Waals surface area (Å²) in [5.74, 6) is 0.0580. The van der Waals surface area contributed by atoms with Crippen LogP contribution in [0.25, 0.3) is 0 Å². The van der Waals surface area contributed by atoms with Crippen molar-refractivity contribution in [1.82, 2.24) is 4.72 Å². The van der Waals surface area contributed by atoms with Gasteiger partial charge in [-0.1, -0.05) is 30.3 Å². The number of hydrogen-bond donors (Lipinski definition) is 1. The maximum Gasteiger partial charge on any atom is 0.211 e. The summed E-state index contributed by atoms with van der Waals surface area (Å²) in [5.41, 5.74) is 0.994. The Balaban J connectivity index is 2.40. The van der Waals surface area contributed by atoms with E-state index in [0.29, 0.717) is 6.42 Å². The van der Waals surface area contributed by atoms with Crippen molar-refractivity contribution < 1.29 is 8.42 Å². The Bertz CT molecular complexity index is 449. The summed E-state index contributed by atoms with van der Waals surface area (Å²) in [6, 6.07) is 11.3. The second-order valence-electron chi connectivity index (χ2n) is 3.36. The number of nitrogens with one attached hydrogen (secondary N) is 1. The van der Waals surface area contributed by atoms with Crippen molar-refractivity contribution in [1.29, 1.82) is 5.26 Å². The molecule has 0 saturated carbocycles. The first kappa shape index (κ1) is 12.7. The van der Waals surface area contributed by atoms with E-state index < -0.39 is 10.0 Å². The highest BCUT2D eigenvalue weighted by molar-refractivity contribution is 7.89. The van der Waals surface area contributed by atoms with Crippen LogP contribution in [0.1, 0.15) is 12.0 Å². The summed E-state index contributed by atoms with van der Waals surface area (Å²) in [6.07, 6.45) is 0.688. The summed E-state index contributed by atoms with van der Waals surface area (Å²) in [4.78, 5) is 0. The van der Waals surface area contributed by atoms with Gasteiger partial charge in [0, 0.05) is 13.0 Å². The van der Waals surface area contributed by atoms with Gasteiger partial charge in [-0.25, -0.2) is 13.1 Å². The third-order valence-corrected chi connectivity index (χ3v) is 3.45. The van der Waals surface area contributed by atoms with Gasteiger partial charge < -0.3 is 0 Å². The molecule has 0 fully saturated rings. The van der Waals surface area contributed by atoms with Gasteiger partial charge in [0.2, 0.25) is 10.0 Å². The van der Waals surface area contributed by atoms with Crippen LogP contribution in [0.4, 0.5) is 0 Å². The Kier molecular flexibility index (Phi) is 4.96. The molecular weight excluding hydrogens is 224 g/mol. The van der Waals surface area contributed by atoms with Crippen molar-refractivity contribution in [3.8, 4) is 6.07 Å². The van der Waals surface area contributed by atoms with Gasteiger partial charge >= 0.3 is 0 Å². The lowest BCUT2D eigenvalue weighted by Crippen LogP contribution is -2.28. The monoisotopic (exact) mass is 238 g/mol. The number of benzene rings is 1. The van der Waals surface area contributed by atoms with Crippen LogP contribution in [-0.4, -0.2) is 20.7 Å². The summed E-state index contributed by atoms with van der Waals surface area (Å²) in [6.45, 7) is 0.188. The molecule has 0 heterocycles. The maximum atomic E-state index is 11.5. The fraction of sp³-hybridized carbons (Fsp3) is 0.364. The van der Waals surface area contributed by atoms with Crippen LogP contribution in [0.3, 0.4) is 0 Å². The second kappa shape index (κ2) is 6.26. The van der Waals surface area contributed by atoms with Crippen LogP contribution in [0, 0.1) is 11.3 Å². The molecule has 1 aromatic carbocycles. The molecule has 0 radical (unpaired) electrons. The van der Waals surface area contributed by atoms with E-state index in [1.54, 1.807) is 0 Å². The van der Waals surface area contributed by atoms with Gasteiger partial charge in [-0.05, 0) is 12.0 Å². The van der Waals surface area contributed by atoms with Crippen LogP contribution in [-0.2, 0) is 16.4 Å². The smallest absolute Gasteiger partial charge is 0.211 e. The van der Waals surface area contributed by atoms with Gasteiger partial charge in [0.05, 0.1) is 11.8 Å². The van der Waals surface area contributed by atoms with E-state index >= 15 is 0 Å². The number of sulfonamides is 1. The Labute approximate surface area is 96.0 Å². The molecule has 0 saturated heterocycles. The quantitative estimate of drug-likeness (QED) is 0.753. The first-order valence-corrected chi connectivity index (χ1v) is 6.67. The molecule has 0 spiro atoms. The maximum absolute atomic E-state index is 11.5. The average molecular weight is 238 g/mol. The predicted molar refractivity (Wildman–Crippen MR) is 62.2 cm³/mol. The van der Waals surface area contributed by atoms with E-state index in [-0.39, 0.29) is 18.7 Å². The minimum absolute atomic E-state index is 0.0580. The Morgan fingerprint density at radius 2 is 1.94 bits per heavy atom. The zero-order chi connectivity index (χ0) is 11.9. The summed E-state index contributed by atoms with van der Waals surface area (Å²) in [5, 5.41) is 8.29. The third kappa shape index (κ3) is 4.91. The van der Waals surface area contributed by atoms with Gasteiger partial charge in [0.15, 0.2) is 0 Å². The minimum Gasteiger partial charge on any atom is -0.214 e. The van der Waals surface area contributed by atoms with E-state index in [0.717, 1.165) is 5.56 Å². The average Bonchev–Trinajstić information content (AvgIpc) is 2.28. The molecule has 0 aliphatic heterocycles. The lowest BCUT2D eigenvalue weighted by atomic mass is 10.2. The van der Waals surface area contributed by atoms with E-state index in [2.05, 4.69) is 4.72 Å². The SMILES string of the molecule is N#CCCNS(=O)(=O)CCc1ccccc1. The van der Waals surface area contributed by atoms with Crippen molar-refractivity contribution >= 4 is 10.0 Å². The molecule has 0 aliphatic rings.